The molecule has 6 rings (SSSR count). The molecule has 4 heterocycles. The van der Waals surface area contributed by atoms with Gasteiger partial charge in [-0.1, -0.05) is 60.7 Å². The van der Waals surface area contributed by atoms with E-state index >= 15 is 0 Å². The molecule has 7 heteroatoms. The summed E-state index contributed by atoms with van der Waals surface area (Å²) < 4.78 is 10.9. The highest BCUT2D eigenvalue weighted by molar-refractivity contribution is 6.05. The van der Waals surface area contributed by atoms with Crippen molar-refractivity contribution in [1.82, 2.24) is 9.80 Å². The van der Waals surface area contributed by atoms with Crippen LogP contribution >= 0.6 is 0 Å². The van der Waals surface area contributed by atoms with Gasteiger partial charge >= 0.3 is 0 Å². The van der Waals surface area contributed by atoms with Gasteiger partial charge in [0.2, 0.25) is 0 Å². The second-order valence-corrected chi connectivity index (χ2v) is 9.50. The Balaban J connectivity index is 1.55. The number of hydrogen-bond donors (Lipinski definition) is 0. The fraction of sp³-hybridized carbons (Fsp3) is 0.207. The van der Waals surface area contributed by atoms with Gasteiger partial charge in [-0.05, 0) is 35.4 Å². The highest BCUT2D eigenvalue weighted by Gasteiger charge is 2.63. The largest absolute Gasteiger partial charge is 0.459 e. The van der Waals surface area contributed by atoms with Crippen molar-refractivity contribution in [3.63, 3.8) is 0 Å². The molecule has 2 aromatic heterocycles. The van der Waals surface area contributed by atoms with Crippen molar-refractivity contribution >= 4 is 17.6 Å². The van der Waals surface area contributed by atoms with Gasteiger partial charge in [-0.3, -0.25) is 14.4 Å². The average Bonchev–Trinajstić information content (AvgIpc) is 3.64. The molecule has 2 aromatic carbocycles. The fourth-order valence-corrected chi connectivity index (χ4v) is 5.80. The second-order valence-electron chi connectivity index (χ2n) is 9.50. The van der Waals surface area contributed by atoms with Gasteiger partial charge in [0.05, 0.1) is 23.4 Å². The van der Waals surface area contributed by atoms with Gasteiger partial charge < -0.3 is 18.6 Å². The molecule has 0 spiro atoms. The smallest absolute Gasteiger partial charge is 0.289 e. The molecule has 2 aliphatic heterocycles. The van der Waals surface area contributed by atoms with Crippen LogP contribution in [0.15, 0.2) is 106 Å². The van der Waals surface area contributed by atoms with Crippen LogP contribution in [0.1, 0.15) is 32.2 Å². The molecule has 2 amide bonds. The lowest BCUT2D eigenvalue weighted by molar-refractivity contribution is -0.141. The predicted molar refractivity (Wildman–Crippen MR) is 130 cm³/mol. The van der Waals surface area contributed by atoms with Crippen molar-refractivity contribution in [3.8, 4) is 0 Å². The maximum atomic E-state index is 14.6. The van der Waals surface area contributed by atoms with Gasteiger partial charge in [0, 0.05) is 26.2 Å². The van der Waals surface area contributed by atoms with E-state index in [9.17, 15) is 14.4 Å². The number of carbonyl (C=O) groups excluding carboxylic acids is 3. The Bertz CT molecular complexity index is 1270. The number of carbonyl (C=O) groups is 3. The van der Waals surface area contributed by atoms with Gasteiger partial charge in [-0.25, -0.2) is 0 Å². The monoisotopic (exact) mass is 480 g/mol. The lowest BCUT2D eigenvalue weighted by Gasteiger charge is -2.57. The van der Waals surface area contributed by atoms with Crippen molar-refractivity contribution in [2.24, 2.45) is 0 Å². The maximum Gasteiger partial charge on any atom is 0.289 e. The van der Waals surface area contributed by atoms with Crippen molar-refractivity contribution in [2.45, 2.75) is 10.8 Å². The number of nitrogens with zero attached hydrogens (tertiary/aromatic N) is 2. The summed E-state index contributed by atoms with van der Waals surface area (Å²) in [6, 6.07) is 25.5. The summed E-state index contributed by atoms with van der Waals surface area (Å²) in [4.78, 5) is 45.2. The predicted octanol–water partition coefficient (Wildman–Crippen LogP) is 3.93. The van der Waals surface area contributed by atoms with E-state index in [1.807, 2.05) is 60.7 Å². The Morgan fingerprint density at radius 2 is 0.972 bits per heavy atom. The van der Waals surface area contributed by atoms with Crippen LogP contribution in [-0.2, 0) is 15.6 Å². The number of Topliss-reactive ketones (excluding diaryl/α,β-unsaturated/α-hetero) is 1. The molecule has 0 N–H and O–H groups in total. The summed E-state index contributed by atoms with van der Waals surface area (Å²) in [5, 5.41) is 0. The van der Waals surface area contributed by atoms with Crippen molar-refractivity contribution < 1.29 is 23.2 Å². The lowest BCUT2D eigenvalue weighted by Crippen LogP contribution is -2.74. The highest BCUT2D eigenvalue weighted by atomic mass is 16.3. The minimum atomic E-state index is -1.13. The van der Waals surface area contributed by atoms with E-state index in [-0.39, 0.29) is 55.3 Å². The van der Waals surface area contributed by atoms with Gasteiger partial charge in [0.1, 0.15) is 0 Å². The van der Waals surface area contributed by atoms with Crippen LogP contribution in [0.4, 0.5) is 0 Å². The van der Waals surface area contributed by atoms with E-state index in [2.05, 4.69) is 0 Å². The van der Waals surface area contributed by atoms with Crippen LogP contribution in [0.3, 0.4) is 0 Å². The molecule has 0 unspecified atom stereocenters. The lowest BCUT2D eigenvalue weighted by atomic mass is 9.57. The number of fused-ring (bicyclic) bond motifs is 2. The summed E-state index contributed by atoms with van der Waals surface area (Å²) in [5.41, 5.74) is -0.718. The zero-order valence-corrected chi connectivity index (χ0v) is 19.5. The summed E-state index contributed by atoms with van der Waals surface area (Å²) in [6.45, 7) is 0.523. The van der Waals surface area contributed by atoms with Crippen molar-refractivity contribution in [1.29, 1.82) is 0 Å². The molecule has 36 heavy (non-hydrogen) atoms. The molecule has 2 saturated heterocycles. The number of benzene rings is 2. The maximum absolute atomic E-state index is 14.6. The van der Waals surface area contributed by atoms with E-state index in [4.69, 9.17) is 8.83 Å². The molecule has 7 nitrogen and oxygen atoms in total. The quantitative estimate of drug-likeness (QED) is 0.442. The van der Waals surface area contributed by atoms with Crippen LogP contribution < -0.4 is 0 Å². The number of ketones is 1. The normalized spacial score (nSPS) is 23.5. The first-order chi connectivity index (χ1) is 17.5. The molecule has 2 bridgehead atoms. The Hall–Kier alpha value is -4.39. The van der Waals surface area contributed by atoms with Gasteiger partial charge in [0.25, 0.3) is 11.8 Å². The number of rotatable bonds is 4. The third kappa shape index (κ3) is 3.31. The molecular weight excluding hydrogens is 456 g/mol. The van der Waals surface area contributed by atoms with Crippen LogP contribution in [0, 0.1) is 0 Å². The summed E-state index contributed by atoms with van der Waals surface area (Å²) in [5.74, 6) is -0.105. The van der Waals surface area contributed by atoms with E-state index in [1.54, 1.807) is 34.1 Å². The minimum absolute atomic E-state index is 0.0133. The van der Waals surface area contributed by atoms with E-state index in [0.29, 0.717) is 0 Å². The van der Waals surface area contributed by atoms with E-state index in [1.165, 1.54) is 12.5 Å². The van der Waals surface area contributed by atoms with Crippen molar-refractivity contribution in [3.05, 3.63) is 120 Å². The molecule has 0 radical (unpaired) electrons. The fourth-order valence-electron chi connectivity index (χ4n) is 5.80. The Morgan fingerprint density at radius 1 is 0.583 bits per heavy atom. The summed E-state index contributed by atoms with van der Waals surface area (Å²) in [7, 11) is 0. The molecular formula is C29H24N2O5. The van der Waals surface area contributed by atoms with Gasteiger partial charge in [0.15, 0.2) is 17.3 Å². The van der Waals surface area contributed by atoms with Crippen LogP contribution in [0.2, 0.25) is 0 Å². The van der Waals surface area contributed by atoms with E-state index in [0.717, 1.165) is 11.1 Å². The summed E-state index contributed by atoms with van der Waals surface area (Å²) in [6.07, 6.45) is 2.93. The molecule has 180 valence electrons. The Kier molecular flexibility index (Phi) is 5.14. The number of amides is 2. The third-order valence-corrected chi connectivity index (χ3v) is 7.40. The van der Waals surface area contributed by atoms with Crippen molar-refractivity contribution in [2.75, 3.05) is 26.2 Å². The molecule has 4 aromatic rings. The standard InChI is InChI=1S/C29H24N2O5/c32-25(23-13-7-15-35-23)30-17-28(21-9-3-1-4-10-21)18-31(26(33)24-14-8-16-36-24)20-29(19-30,27(28)34)22-11-5-2-6-12-22/h1-16H,17-20H2. The van der Waals surface area contributed by atoms with Crippen LogP contribution in [0.5, 0.6) is 0 Å². The molecule has 0 saturated carbocycles. The number of likely N-dealkylation sites (tertiary alicyclic amines) is 2. The Morgan fingerprint density at radius 3 is 1.31 bits per heavy atom. The first kappa shape index (κ1) is 22.1. The molecule has 0 atom stereocenters. The number of hydrogen-bond acceptors (Lipinski definition) is 5. The molecule has 0 aliphatic carbocycles. The first-order valence-corrected chi connectivity index (χ1v) is 11.9. The summed E-state index contributed by atoms with van der Waals surface area (Å²) >= 11 is 0. The molecule has 2 fully saturated rings. The second kappa shape index (κ2) is 8.37. The zero-order valence-electron chi connectivity index (χ0n) is 19.5. The van der Waals surface area contributed by atoms with Crippen LogP contribution in [-0.4, -0.2) is 53.6 Å². The highest BCUT2D eigenvalue weighted by Crippen LogP contribution is 2.47. The van der Waals surface area contributed by atoms with Crippen LogP contribution in [0.25, 0.3) is 0 Å². The minimum Gasteiger partial charge on any atom is -0.459 e. The first-order valence-electron chi connectivity index (χ1n) is 11.9. The topological polar surface area (TPSA) is 84.0 Å². The number of piperidine rings is 2. The van der Waals surface area contributed by atoms with Gasteiger partial charge in [-0.15, -0.1) is 0 Å². The zero-order chi connectivity index (χ0) is 24.8. The SMILES string of the molecule is O=C(c1ccco1)N1CC2(c3ccccc3)CN(C(=O)c3ccco3)CC(c3ccccc3)(C1)C2=O. The average molecular weight is 481 g/mol. The Labute approximate surface area is 207 Å². The third-order valence-electron chi connectivity index (χ3n) is 7.40. The van der Waals surface area contributed by atoms with E-state index < -0.39 is 10.8 Å². The van der Waals surface area contributed by atoms with Gasteiger partial charge in [-0.2, -0.15) is 0 Å². The molecule has 2 aliphatic rings. The number of furan rings is 2.